The molecule has 0 atom stereocenters. The number of rotatable bonds is 5. The molecule has 0 bridgehead atoms. The highest BCUT2D eigenvalue weighted by Gasteiger charge is 2.18. The van der Waals surface area contributed by atoms with Crippen molar-refractivity contribution in [1.82, 2.24) is 20.0 Å². The Morgan fingerprint density at radius 1 is 1.03 bits per heavy atom. The summed E-state index contributed by atoms with van der Waals surface area (Å²) < 4.78 is 14.3. The van der Waals surface area contributed by atoms with Crippen LogP contribution < -0.4 is 15.8 Å². The number of benzene rings is 2. The van der Waals surface area contributed by atoms with Crippen molar-refractivity contribution in [2.75, 3.05) is 44.2 Å². The third-order valence-corrected chi connectivity index (χ3v) is 5.45. The summed E-state index contributed by atoms with van der Waals surface area (Å²) in [5, 5.41) is 8.13. The van der Waals surface area contributed by atoms with Gasteiger partial charge in [-0.25, -0.2) is 9.07 Å². The summed E-state index contributed by atoms with van der Waals surface area (Å²) in [6.07, 6.45) is 0. The van der Waals surface area contributed by atoms with Crippen molar-refractivity contribution in [2.24, 2.45) is 7.05 Å². The zero-order valence-corrected chi connectivity index (χ0v) is 16.8. The zero-order valence-electron chi connectivity index (χ0n) is 16.8. The lowest BCUT2D eigenvalue weighted by Crippen LogP contribution is -2.48. The highest BCUT2D eigenvalue weighted by molar-refractivity contribution is 6.04. The summed E-state index contributed by atoms with van der Waals surface area (Å²) in [6, 6.07) is 13.6. The van der Waals surface area contributed by atoms with Gasteiger partial charge in [-0.3, -0.25) is 14.5 Å². The Hall–Kier alpha value is -3.26. The Kier molecular flexibility index (Phi) is 5.76. The largest absolute Gasteiger partial charge is 0.369 e. The average molecular weight is 409 g/mol. The molecule has 30 heavy (non-hydrogen) atoms. The number of fused-ring (bicyclic) bond motifs is 1. The van der Waals surface area contributed by atoms with E-state index in [-0.39, 0.29) is 23.0 Å². The van der Waals surface area contributed by atoms with E-state index in [9.17, 15) is 14.0 Å². The first kappa shape index (κ1) is 20.0. The predicted octanol–water partition coefficient (Wildman–Crippen LogP) is 1.62. The van der Waals surface area contributed by atoms with Gasteiger partial charge in [-0.2, -0.15) is 5.10 Å². The van der Waals surface area contributed by atoms with Crippen LogP contribution in [0.25, 0.3) is 10.8 Å². The van der Waals surface area contributed by atoms with Crippen molar-refractivity contribution in [3.63, 3.8) is 0 Å². The summed E-state index contributed by atoms with van der Waals surface area (Å²) in [7, 11) is 1.55. The van der Waals surface area contributed by atoms with Crippen molar-refractivity contribution < 1.29 is 9.18 Å². The van der Waals surface area contributed by atoms with E-state index in [2.05, 4.69) is 20.2 Å². The lowest BCUT2D eigenvalue weighted by atomic mass is 10.1. The van der Waals surface area contributed by atoms with Crippen LogP contribution in [0.5, 0.6) is 0 Å². The molecule has 8 heteroatoms. The van der Waals surface area contributed by atoms with Crippen molar-refractivity contribution in [2.45, 2.75) is 0 Å². The van der Waals surface area contributed by atoms with Crippen molar-refractivity contribution in [1.29, 1.82) is 0 Å². The second-order valence-corrected chi connectivity index (χ2v) is 7.38. The molecule has 1 amide bonds. The van der Waals surface area contributed by atoms with Crippen molar-refractivity contribution in [3.8, 4) is 0 Å². The van der Waals surface area contributed by atoms with Gasteiger partial charge in [-0.05, 0) is 30.3 Å². The molecule has 0 spiro atoms. The summed E-state index contributed by atoms with van der Waals surface area (Å²) in [5.74, 6) is -0.513. The minimum Gasteiger partial charge on any atom is -0.369 e. The second kappa shape index (κ2) is 8.62. The maximum atomic E-state index is 13.1. The topological polar surface area (TPSA) is 70.5 Å². The molecule has 1 aliphatic rings. The number of piperazine rings is 1. The minimum atomic E-state index is -0.285. The van der Waals surface area contributed by atoms with Gasteiger partial charge in [-0.1, -0.05) is 18.2 Å². The average Bonchev–Trinajstić information content (AvgIpc) is 2.77. The number of nitrogens with zero attached hydrogens (tertiary/aromatic N) is 4. The molecule has 0 unspecified atom stereocenters. The third kappa shape index (κ3) is 4.18. The number of hydrogen-bond acceptors (Lipinski definition) is 5. The van der Waals surface area contributed by atoms with Gasteiger partial charge in [0.25, 0.3) is 11.5 Å². The fourth-order valence-corrected chi connectivity index (χ4v) is 3.76. The number of hydrogen-bond donors (Lipinski definition) is 1. The van der Waals surface area contributed by atoms with Gasteiger partial charge < -0.3 is 10.2 Å². The summed E-state index contributed by atoms with van der Waals surface area (Å²) >= 11 is 0. The Balaban J connectivity index is 1.32. The molecular weight excluding hydrogens is 385 g/mol. The maximum Gasteiger partial charge on any atom is 0.274 e. The van der Waals surface area contributed by atoms with E-state index < -0.39 is 0 Å². The van der Waals surface area contributed by atoms with Crippen LogP contribution in [0.3, 0.4) is 0 Å². The summed E-state index contributed by atoms with van der Waals surface area (Å²) in [5.41, 5.74) is 1.06. The van der Waals surface area contributed by atoms with Gasteiger partial charge in [-0.15, -0.1) is 0 Å². The molecule has 2 aromatic carbocycles. The number of aryl methyl sites for hydroxylation is 1. The Morgan fingerprint density at radius 3 is 2.40 bits per heavy atom. The first-order valence-corrected chi connectivity index (χ1v) is 10.00. The smallest absolute Gasteiger partial charge is 0.274 e. The number of aromatic nitrogens is 2. The van der Waals surface area contributed by atoms with E-state index in [4.69, 9.17) is 0 Å². The number of carbonyl (C=O) groups excluding carboxylic acids is 1. The molecular formula is C22H24FN5O2. The van der Waals surface area contributed by atoms with Gasteiger partial charge in [0.1, 0.15) is 5.82 Å². The van der Waals surface area contributed by atoms with Crippen LogP contribution in [0.15, 0.2) is 53.3 Å². The molecule has 2 heterocycles. The second-order valence-electron chi connectivity index (χ2n) is 7.38. The monoisotopic (exact) mass is 409 g/mol. The molecule has 0 saturated carbocycles. The number of carbonyl (C=O) groups is 1. The SMILES string of the molecule is Cn1nc(C(=O)NCCN2CCN(c3ccc(F)cc3)CC2)c2ccccc2c1=O. The number of halogens is 1. The Morgan fingerprint density at radius 2 is 1.70 bits per heavy atom. The standard InChI is InChI=1S/C22H24FN5O2/c1-26-22(30)19-5-3-2-4-18(19)20(25-26)21(29)24-10-11-27-12-14-28(15-13-27)17-8-6-16(23)7-9-17/h2-9H,10-15H2,1H3,(H,24,29). The van der Waals surface area contributed by atoms with Gasteiger partial charge >= 0.3 is 0 Å². The third-order valence-electron chi connectivity index (χ3n) is 5.45. The first-order valence-electron chi connectivity index (χ1n) is 10.00. The quantitative estimate of drug-likeness (QED) is 0.694. The fraction of sp³-hybridized carbons (Fsp3) is 0.318. The number of anilines is 1. The molecule has 1 saturated heterocycles. The van der Waals surface area contributed by atoms with Gasteiger partial charge in [0.2, 0.25) is 0 Å². The van der Waals surface area contributed by atoms with Crippen LogP contribution in [0.1, 0.15) is 10.5 Å². The zero-order chi connectivity index (χ0) is 21.1. The van der Waals surface area contributed by atoms with E-state index in [0.717, 1.165) is 38.4 Å². The molecule has 156 valence electrons. The molecule has 1 N–H and O–H groups in total. The van der Waals surface area contributed by atoms with Crippen molar-refractivity contribution >= 4 is 22.4 Å². The molecule has 1 aliphatic heterocycles. The molecule has 1 fully saturated rings. The summed E-state index contributed by atoms with van der Waals surface area (Å²) in [4.78, 5) is 29.4. The van der Waals surface area contributed by atoms with Gasteiger partial charge in [0.15, 0.2) is 5.69 Å². The first-order chi connectivity index (χ1) is 14.5. The van der Waals surface area contributed by atoms with Crippen LogP contribution in [0.2, 0.25) is 0 Å². The van der Waals surface area contributed by atoms with E-state index in [1.54, 1.807) is 43.4 Å². The van der Waals surface area contributed by atoms with E-state index in [0.29, 0.717) is 17.3 Å². The normalized spacial score (nSPS) is 14.8. The highest BCUT2D eigenvalue weighted by Crippen LogP contribution is 2.17. The van der Waals surface area contributed by atoms with E-state index in [1.165, 1.54) is 16.8 Å². The van der Waals surface area contributed by atoms with Crippen LogP contribution in [0.4, 0.5) is 10.1 Å². The van der Waals surface area contributed by atoms with Gasteiger partial charge in [0, 0.05) is 57.4 Å². The van der Waals surface area contributed by atoms with E-state index >= 15 is 0 Å². The Labute approximate surface area is 173 Å². The molecule has 3 aromatic rings. The van der Waals surface area contributed by atoms with Crippen LogP contribution in [0, 0.1) is 5.82 Å². The van der Waals surface area contributed by atoms with Gasteiger partial charge in [0.05, 0.1) is 5.39 Å². The highest BCUT2D eigenvalue weighted by atomic mass is 19.1. The summed E-state index contributed by atoms with van der Waals surface area (Å²) in [6.45, 7) is 4.67. The molecule has 0 radical (unpaired) electrons. The molecule has 4 rings (SSSR count). The van der Waals surface area contributed by atoms with E-state index in [1.807, 2.05) is 0 Å². The lowest BCUT2D eigenvalue weighted by molar-refractivity contribution is 0.0942. The fourth-order valence-electron chi connectivity index (χ4n) is 3.76. The van der Waals surface area contributed by atoms with Crippen LogP contribution in [-0.2, 0) is 7.05 Å². The minimum absolute atomic E-state index is 0.221. The number of amides is 1. The molecule has 1 aromatic heterocycles. The predicted molar refractivity (Wildman–Crippen MR) is 114 cm³/mol. The number of nitrogens with one attached hydrogen (secondary N) is 1. The Bertz CT molecular complexity index is 1100. The van der Waals surface area contributed by atoms with Crippen molar-refractivity contribution in [3.05, 3.63) is 70.4 Å². The molecule has 7 nitrogen and oxygen atoms in total. The molecule has 0 aliphatic carbocycles. The van der Waals surface area contributed by atoms with Crippen LogP contribution >= 0.6 is 0 Å². The van der Waals surface area contributed by atoms with Crippen LogP contribution in [-0.4, -0.2) is 59.9 Å². The lowest BCUT2D eigenvalue weighted by Gasteiger charge is -2.36. The maximum absolute atomic E-state index is 13.1.